The number of carbonyl (C=O) groups excluding carboxylic acids is 3. The fourth-order valence-corrected chi connectivity index (χ4v) is 10.5. The maximum absolute atomic E-state index is 14.8. The third-order valence-corrected chi connectivity index (χ3v) is 14.3. The molecule has 0 saturated carbocycles. The highest BCUT2D eigenvalue weighted by atomic mass is 16.5. The zero-order valence-corrected chi connectivity index (χ0v) is 35.8. The highest BCUT2D eigenvalue weighted by Crippen LogP contribution is 2.42. The van der Waals surface area contributed by atoms with E-state index >= 15 is 0 Å². The number of aliphatic hydroxyl groups excluding tert-OH is 1. The van der Waals surface area contributed by atoms with E-state index in [1.807, 2.05) is 52.3 Å². The first-order chi connectivity index (χ1) is 30.6. The summed E-state index contributed by atoms with van der Waals surface area (Å²) >= 11 is 0. The van der Waals surface area contributed by atoms with Crippen molar-refractivity contribution in [1.82, 2.24) is 30.2 Å². The number of hydrogen-bond donors (Lipinski definition) is 5. The van der Waals surface area contributed by atoms with Gasteiger partial charge in [-0.15, -0.1) is 10.2 Å². The number of benzene rings is 3. The molecule has 63 heavy (non-hydrogen) atoms. The van der Waals surface area contributed by atoms with Crippen LogP contribution >= 0.6 is 0 Å². The molecule has 1 aromatic heterocycles. The van der Waals surface area contributed by atoms with Crippen molar-refractivity contribution in [3.63, 3.8) is 0 Å². The van der Waals surface area contributed by atoms with Gasteiger partial charge in [0.2, 0.25) is 17.7 Å². The average molecular weight is 858 g/mol. The van der Waals surface area contributed by atoms with E-state index in [9.17, 15) is 24.6 Å². The maximum Gasteiger partial charge on any atom is 0.236 e. The van der Waals surface area contributed by atoms with Gasteiger partial charge >= 0.3 is 0 Å². The molecule has 0 aliphatic carbocycles. The van der Waals surface area contributed by atoms with E-state index in [0.29, 0.717) is 114 Å². The van der Waals surface area contributed by atoms with E-state index in [2.05, 4.69) is 54.9 Å². The summed E-state index contributed by atoms with van der Waals surface area (Å²) in [4.78, 5) is 48.7. The summed E-state index contributed by atoms with van der Waals surface area (Å²) in [6, 6.07) is 27.2. The number of nitrogen functional groups attached to an aromatic ring is 1. The van der Waals surface area contributed by atoms with E-state index in [0.717, 1.165) is 42.9 Å². The van der Waals surface area contributed by atoms with Gasteiger partial charge < -0.3 is 46.0 Å². The van der Waals surface area contributed by atoms with Crippen molar-refractivity contribution in [1.29, 1.82) is 0 Å². The van der Waals surface area contributed by atoms with Gasteiger partial charge in [0.05, 0.1) is 41.6 Å². The molecule has 3 aromatic carbocycles. The lowest BCUT2D eigenvalue weighted by atomic mass is 9.71. The molecule has 0 bridgehead atoms. The van der Waals surface area contributed by atoms with E-state index in [1.54, 1.807) is 18.2 Å². The van der Waals surface area contributed by atoms with Crippen LogP contribution in [0.1, 0.15) is 68.4 Å². The van der Waals surface area contributed by atoms with Crippen LogP contribution in [0, 0.1) is 0 Å². The Morgan fingerprint density at radius 3 is 2.27 bits per heavy atom. The third-order valence-electron chi connectivity index (χ3n) is 14.3. The Morgan fingerprint density at radius 1 is 0.841 bits per heavy atom. The van der Waals surface area contributed by atoms with Crippen LogP contribution in [0.2, 0.25) is 0 Å². The van der Waals surface area contributed by atoms with Crippen molar-refractivity contribution in [2.45, 2.75) is 80.6 Å². The predicted molar refractivity (Wildman–Crippen MR) is 240 cm³/mol. The smallest absolute Gasteiger partial charge is 0.236 e. The summed E-state index contributed by atoms with van der Waals surface area (Å²) in [5.74, 6) is 0.992. The first-order valence-electron chi connectivity index (χ1n) is 22.6. The third kappa shape index (κ3) is 9.04. The number of aromatic hydroxyl groups is 1. The first kappa shape index (κ1) is 42.5. The number of nitrogens with zero attached hydrogens (tertiary/aromatic N) is 6. The molecule has 6 N–H and O–H groups in total. The van der Waals surface area contributed by atoms with E-state index in [-0.39, 0.29) is 29.5 Å². The molecule has 4 aromatic rings. The van der Waals surface area contributed by atoms with Crippen LogP contribution in [-0.4, -0.2) is 136 Å². The second-order valence-electron chi connectivity index (χ2n) is 18.1. The van der Waals surface area contributed by atoms with Crippen molar-refractivity contribution in [3.05, 3.63) is 96.1 Å². The number of nitrogens with two attached hydrogens (primary N) is 1. The number of rotatable bonds is 9. The normalized spacial score (nSPS) is 23.0. The minimum absolute atomic E-state index is 0.120. The topological polar surface area (TPSA) is 190 Å². The highest BCUT2D eigenvalue weighted by Gasteiger charge is 2.49. The van der Waals surface area contributed by atoms with E-state index in [4.69, 9.17) is 10.5 Å². The van der Waals surface area contributed by atoms with Crippen LogP contribution in [0.15, 0.2) is 84.9 Å². The Labute approximate surface area is 368 Å². The number of phenols is 1. The summed E-state index contributed by atoms with van der Waals surface area (Å²) in [6.45, 7) is 6.01. The van der Waals surface area contributed by atoms with Gasteiger partial charge in [-0.3, -0.25) is 19.3 Å². The number of carbonyl (C=O) groups is 3. The molecule has 9 rings (SSSR count). The molecule has 5 aliphatic rings. The van der Waals surface area contributed by atoms with Gasteiger partial charge in [0.1, 0.15) is 12.0 Å². The number of piperidine rings is 4. The monoisotopic (exact) mass is 857 g/mol. The molecule has 2 atom stereocenters. The Bertz CT molecular complexity index is 2250. The molecular formula is C48H59N9O6. The van der Waals surface area contributed by atoms with Crippen molar-refractivity contribution >= 4 is 34.9 Å². The molecule has 2 unspecified atom stereocenters. The van der Waals surface area contributed by atoms with Crippen molar-refractivity contribution < 1.29 is 29.3 Å². The Balaban J connectivity index is 0.779. The number of para-hydroxylation sites is 1. The summed E-state index contributed by atoms with van der Waals surface area (Å²) in [5, 5.41) is 35.1. The predicted octanol–water partition coefficient (Wildman–Crippen LogP) is 4.08. The fourth-order valence-electron chi connectivity index (χ4n) is 10.5. The number of nitrogens with one attached hydrogen (secondary N) is 2. The lowest BCUT2D eigenvalue weighted by molar-refractivity contribution is -0.165. The largest absolute Gasteiger partial charge is 0.507 e. The fraction of sp³-hybridized carbons (Fsp3) is 0.479. The van der Waals surface area contributed by atoms with Crippen LogP contribution in [0.25, 0.3) is 11.3 Å². The highest BCUT2D eigenvalue weighted by molar-refractivity contribution is 5.89. The molecule has 15 nitrogen and oxygen atoms in total. The molecule has 3 amide bonds. The number of anilines is 3. The van der Waals surface area contributed by atoms with Gasteiger partial charge in [-0.2, -0.15) is 0 Å². The number of ether oxygens (including phenoxy) is 1. The summed E-state index contributed by atoms with van der Waals surface area (Å²) in [6.07, 6.45) is 4.58. The lowest BCUT2D eigenvalue weighted by Gasteiger charge is -2.50. The number of likely N-dealkylation sites (tertiary alicyclic amines) is 2. The minimum Gasteiger partial charge on any atom is -0.507 e. The van der Waals surface area contributed by atoms with Crippen molar-refractivity contribution in [2.24, 2.45) is 0 Å². The quantitative estimate of drug-likeness (QED) is 0.163. The number of aromatic nitrogens is 2. The number of phenolic OH excluding ortho intramolecular Hbond substituents is 1. The van der Waals surface area contributed by atoms with Gasteiger partial charge in [0, 0.05) is 56.9 Å². The minimum atomic E-state index is -0.897. The van der Waals surface area contributed by atoms with Gasteiger partial charge in [0.15, 0.2) is 5.82 Å². The summed E-state index contributed by atoms with van der Waals surface area (Å²) in [5.41, 5.74) is 10.3. The Kier molecular flexibility index (Phi) is 12.2. The van der Waals surface area contributed by atoms with Crippen LogP contribution in [0.5, 0.6) is 5.75 Å². The van der Waals surface area contributed by atoms with Crippen LogP contribution in [0.4, 0.5) is 17.2 Å². The Hall–Kier alpha value is -5.77. The molecule has 0 radical (unpaired) electrons. The zero-order valence-electron chi connectivity index (χ0n) is 35.8. The standard InChI is InChI=1S/C48H59N9O6/c49-44-40(30-39(52-53-44)37-8-4-5-9-41(37)58)55-26-20-48(21-27-55,35-6-2-1-3-7-35)46(62)56-24-18-47(19-25-56)32-57(28-29-63-47)43(60)31-54-22-16-34(17-23-54)33-10-12-36(13-11-33)50-38-14-15-42(59)51-45(38)61/h1-13,30,34,38,45,50,58,61H,14-29,31-32H2,(H2,49,53)(H,51,59). The molecule has 1 spiro atoms. The van der Waals surface area contributed by atoms with Crippen molar-refractivity contribution in [3.8, 4) is 17.0 Å². The molecule has 5 fully saturated rings. The molecule has 6 heterocycles. The van der Waals surface area contributed by atoms with Crippen LogP contribution in [0.3, 0.4) is 0 Å². The summed E-state index contributed by atoms with van der Waals surface area (Å²) < 4.78 is 6.48. The molecule has 5 saturated heterocycles. The molecular weight excluding hydrogens is 799 g/mol. The van der Waals surface area contributed by atoms with Crippen LogP contribution in [-0.2, 0) is 24.5 Å². The van der Waals surface area contributed by atoms with E-state index < -0.39 is 17.2 Å². The van der Waals surface area contributed by atoms with Gasteiger partial charge in [-0.25, -0.2) is 0 Å². The van der Waals surface area contributed by atoms with Crippen LogP contribution < -0.4 is 21.3 Å². The van der Waals surface area contributed by atoms with E-state index in [1.165, 1.54) is 5.56 Å². The SMILES string of the molecule is Nc1nnc(-c2ccccc2O)cc1N1CCC(C(=O)N2CCC3(CC2)CN(C(=O)CN2CCC(c4ccc(NC5CCC(=O)NC5O)cc4)CC2)CCO3)(c2ccccc2)CC1. The number of morpholine rings is 1. The first-order valence-corrected chi connectivity index (χ1v) is 22.6. The van der Waals surface area contributed by atoms with Gasteiger partial charge in [-0.1, -0.05) is 54.6 Å². The summed E-state index contributed by atoms with van der Waals surface area (Å²) in [7, 11) is 0. The molecule has 5 aliphatic heterocycles. The zero-order chi connectivity index (χ0) is 43.6. The van der Waals surface area contributed by atoms with Gasteiger partial charge in [-0.05, 0) is 105 Å². The molecule has 15 heteroatoms. The second-order valence-corrected chi connectivity index (χ2v) is 18.1. The Morgan fingerprint density at radius 2 is 1.56 bits per heavy atom. The average Bonchev–Trinajstić information content (AvgIpc) is 3.31. The van der Waals surface area contributed by atoms with Crippen molar-refractivity contribution in [2.75, 3.05) is 81.5 Å². The maximum atomic E-state index is 14.8. The number of hydrogen-bond acceptors (Lipinski definition) is 12. The van der Waals surface area contributed by atoms with Gasteiger partial charge in [0.25, 0.3) is 0 Å². The lowest BCUT2D eigenvalue weighted by Crippen LogP contribution is -2.61. The number of aliphatic hydroxyl groups is 1. The number of amides is 3. The second kappa shape index (κ2) is 18.1. The molecule has 332 valence electrons.